The molecule has 1 saturated carbocycles. The number of aromatic nitrogens is 3. The Balaban J connectivity index is 0.00000384. The smallest absolute Gasteiger partial charge is 0.268 e. The van der Waals surface area contributed by atoms with Crippen molar-refractivity contribution in [2.24, 2.45) is 16.8 Å². The zero-order chi connectivity index (χ0) is 30.2. The van der Waals surface area contributed by atoms with E-state index in [4.69, 9.17) is 16.0 Å². The first-order valence-electron chi connectivity index (χ1n) is 13.4. The lowest BCUT2D eigenvalue weighted by Gasteiger charge is -2.09. The Kier molecular flexibility index (Phi) is 9.19. The van der Waals surface area contributed by atoms with Crippen LogP contribution in [0, 0.1) is 36.3 Å². The molecule has 1 aliphatic rings. The molecule has 0 saturated heterocycles. The van der Waals surface area contributed by atoms with Gasteiger partial charge in [0.1, 0.15) is 11.5 Å². The number of benzene rings is 2. The number of hydrogen-bond donors (Lipinski definition) is 2. The Labute approximate surface area is 262 Å². The van der Waals surface area contributed by atoms with Crippen molar-refractivity contribution in [3.05, 3.63) is 103 Å². The number of nitrogens with zero attached hydrogens (tertiary/aromatic N) is 3. The third-order valence-corrected chi connectivity index (χ3v) is 9.70. The first-order chi connectivity index (χ1) is 20.7. The summed E-state index contributed by atoms with van der Waals surface area (Å²) in [6.45, 7) is 1.98. The third-order valence-electron chi connectivity index (χ3n) is 7.13. The Bertz CT molecular complexity index is 1970. The normalized spacial score (nSPS) is 13.2. The van der Waals surface area contributed by atoms with Crippen molar-refractivity contribution in [1.29, 1.82) is 0 Å². The van der Waals surface area contributed by atoms with E-state index in [9.17, 15) is 17.8 Å². The average molecular weight is 652 g/mol. The standard InChI is InChI=1S/C31H25F2N5O2S3.H2O/c1-17-2-8-22(42-17)9-6-20-15-21(7-10-24(20)32)29-23(12-19-5-11-28(43(35)40)25(33)13-19)27(14-18-3-4-18)38(37-29)31-36-26(16-41-31)30(34)39;/h2,5,7-8,10-11,13,15-16,18H,3-4,12,14H2,1H3,(H2,34,39)(H2,35,40);1H2. The van der Waals surface area contributed by atoms with Crippen LogP contribution in [0.4, 0.5) is 8.78 Å². The van der Waals surface area contributed by atoms with Gasteiger partial charge in [-0.3, -0.25) is 4.79 Å². The summed E-state index contributed by atoms with van der Waals surface area (Å²) in [6.07, 6.45) is 3.11. The number of aryl methyl sites for hydroxylation is 1. The van der Waals surface area contributed by atoms with E-state index in [2.05, 4.69) is 16.8 Å². The molecule has 0 bridgehead atoms. The van der Waals surface area contributed by atoms with E-state index in [1.54, 1.807) is 28.3 Å². The molecular weight excluding hydrogens is 625 g/mol. The van der Waals surface area contributed by atoms with Gasteiger partial charge in [0.05, 0.1) is 21.8 Å². The van der Waals surface area contributed by atoms with E-state index in [1.807, 2.05) is 19.1 Å². The van der Waals surface area contributed by atoms with Crippen LogP contribution in [0.3, 0.4) is 0 Å². The monoisotopic (exact) mass is 651 g/mol. The van der Waals surface area contributed by atoms with Crippen molar-refractivity contribution in [2.45, 2.75) is 37.5 Å². The molecule has 3 aromatic heterocycles. The summed E-state index contributed by atoms with van der Waals surface area (Å²) in [6, 6.07) is 13.0. The minimum atomic E-state index is -2.33. The maximum atomic E-state index is 14.9. The van der Waals surface area contributed by atoms with E-state index in [0.717, 1.165) is 33.9 Å². The minimum Gasteiger partial charge on any atom is -0.870 e. The fourth-order valence-corrected chi connectivity index (χ4v) is 6.79. The summed E-state index contributed by atoms with van der Waals surface area (Å²) in [5.41, 5.74) is 9.33. The average Bonchev–Trinajstić information content (AvgIpc) is 3.32. The Morgan fingerprint density at radius 3 is 2.55 bits per heavy atom. The van der Waals surface area contributed by atoms with Gasteiger partial charge in [-0.15, -0.1) is 27.8 Å². The molecule has 5 N–H and O–H groups in total. The SMILES string of the molecule is Cc1ccc(C#Cc2cc(-c3nn(-c4nc(C(N)=O)cs4)c(CC4CC4)c3Cc3ccc([SH+](N)=O)c(F)c3)ccc2F)s1.[OH-]. The lowest BCUT2D eigenvalue weighted by molar-refractivity contribution is 0.0996. The molecule has 6 rings (SSSR count). The van der Waals surface area contributed by atoms with Crippen LogP contribution in [0.1, 0.15) is 55.5 Å². The van der Waals surface area contributed by atoms with Gasteiger partial charge in [-0.05, 0) is 80.1 Å². The van der Waals surface area contributed by atoms with Crippen LogP contribution in [0.2, 0.25) is 0 Å². The third kappa shape index (κ3) is 6.69. The van der Waals surface area contributed by atoms with Crippen LogP contribution in [0.15, 0.2) is 58.8 Å². The topological polar surface area (TPSA) is 147 Å². The Hall–Kier alpha value is -4.06. The highest BCUT2D eigenvalue weighted by Gasteiger charge is 2.29. The number of carbonyl (C=O) groups excluding carboxylic acids is 1. The van der Waals surface area contributed by atoms with Crippen LogP contribution in [0.5, 0.6) is 0 Å². The molecule has 13 heteroatoms. The first kappa shape index (κ1) is 31.4. The fraction of sp³-hybridized carbons (Fsp3) is 0.194. The molecule has 8 nitrogen and oxygen atoms in total. The molecule has 1 fully saturated rings. The summed E-state index contributed by atoms with van der Waals surface area (Å²) in [5, 5.41) is 12.5. The fourth-order valence-electron chi connectivity index (χ4n) is 4.78. The quantitative estimate of drug-likeness (QED) is 0.130. The van der Waals surface area contributed by atoms with Gasteiger partial charge < -0.3 is 11.2 Å². The van der Waals surface area contributed by atoms with Gasteiger partial charge in [-0.1, -0.05) is 22.1 Å². The van der Waals surface area contributed by atoms with Gasteiger partial charge >= 0.3 is 0 Å². The molecule has 1 atom stereocenters. The van der Waals surface area contributed by atoms with Gasteiger partial charge in [0, 0.05) is 27.8 Å². The summed E-state index contributed by atoms with van der Waals surface area (Å²) in [5.74, 6) is 4.70. The zero-order valence-electron chi connectivity index (χ0n) is 23.4. The van der Waals surface area contributed by atoms with E-state index >= 15 is 0 Å². The number of nitrogens with two attached hydrogens (primary N) is 2. The van der Waals surface area contributed by atoms with E-state index in [1.165, 1.54) is 40.9 Å². The molecule has 1 aliphatic carbocycles. The number of rotatable bonds is 8. The van der Waals surface area contributed by atoms with Crippen LogP contribution in [-0.4, -0.2) is 26.1 Å². The maximum absolute atomic E-state index is 14.9. The highest BCUT2D eigenvalue weighted by molar-refractivity contribution is 7.82. The van der Waals surface area contributed by atoms with Crippen molar-refractivity contribution in [3.8, 4) is 28.2 Å². The Morgan fingerprint density at radius 2 is 1.91 bits per heavy atom. The molecule has 0 radical (unpaired) electrons. The number of thiol groups is 1. The molecule has 1 unspecified atom stereocenters. The van der Waals surface area contributed by atoms with E-state index < -0.39 is 28.5 Å². The van der Waals surface area contributed by atoms with Gasteiger partial charge in [-0.25, -0.2) is 18.4 Å². The number of halogens is 2. The molecule has 5 aromatic rings. The van der Waals surface area contributed by atoms with Gasteiger partial charge in [0.15, 0.2) is 16.8 Å². The van der Waals surface area contributed by atoms with Gasteiger partial charge in [-0.2, -0.15) is 5.10 Å². The lowest BCUT2D eigenvalue weighted by Crippen LogP contribution is -2.12. The van der Waals surface area contributed by atoms with Crippen molar-refractivity contribution in [3.63, 3.8) is 0 Å². The van der Waals surface area contributed by atoms with Gasteiger partial charge in [0.2, 0.25) is 10.0 Å². The van der Waals surface area contributed by atoms with Crippen molar-refractivity contribution < 1.29 is 23.3 Å². The second kappa shape index (κ2) is 12.9. The predicted molar refractivity (Wildman–Crippen MR) is 168 cm³/mol. The van der Waals surface area contributed by atoms with Gasteiger partial charge in [0.25, 0.3) is 5.91 Å². The predicted octanol–water partition coefficient (Wildman–Crippen LogP) is 5.44. The molecule has 0 aliphatic heterocycles. The number of hydrogen-bond acceptors (Lipinski definition) is 7. The van der Waals surface area contributed by atoms with E-state index in [0.29, 0.717) is 34.3 Å². The number of primary amides is 1. The number of amides is 1. The largest absolute Gasteiger partial charge is 0.870 e. The first-order valence-corrected chi connectivity index (χ1v) is 16.4. The number of thiophene rings is 1. The molecule has 1 amide bonds. The highest BCUT2D eigenvalue weighted by atomic mass is 32.2. The van der Waals surface area contributed by atoms with Crippen LogP contribution in [0.25, 0.3) is 16.4 Å². The number of carbonyl (C=O) groups is 1. The van der Waals surface area contributed by atoms with Crippen molar-refractivity contribution in [1.82, 2.24) is 14.8 Å². The molecular formula is C31H27F2N5O3S3. The van der Waals surface area contributed by atoms with Crippen LogP contribution < -0.4 is 10.9 Å². The van der Waals surface area contributed by atoms with Crippen molar-refractivity contribution in [2.75, 3.05) is 0 Å². The van der Waals surface area contributed by atoms with E-state index in [-0.39, 0.29) is 28.0 Å². The summed E-state index contributed by atoms with van der Waals surface area (Å²) in [4.78, 5) is 18.1. The Morgan fingerprint density at radius 1 is 1.11 bits per heavy atom. The summed E-state index contributed by atoms with van der Waals surface area (Å²) in [7, 11) is -2.33. The zero-order valence-corrected chi connectivity index (χ0v) is 25.9. The van der Waals surface area contributed by atoms with Crippen LogP contribution >= 0.6 is 22.7 Å². The highest BCUT2D eigenvalue weighted by Crippen LogP contribution is 2.38. The van der Waals surface area contributed by atoms with Crippen molar-refractivity contribution >= 4 is 39.6 Å². The molecule has 44 heavy (non-hydrogen) atoms. The second-order valence-electron chi connectivity index (χ2n) is 10.4. The lowest BCUT2D eigenvalue weighted by atomic mass is 9.96. The molecule has 3 heterocycles. The summed E-state index contributed by atoms with van der Waals surface area (Å²) >= 11 is 2.77. The molecule has 0 spiro atoms. The van der Waals surface area contributed by atoms with Crippen LogP contribution in [-0.2, 0) is 28.0 Å². The maximum Gasteiger partial charge on any atom is 0.268 e. The number of thiazole rings is 1. The molecule has 2 aromatic carbocycles. The minimum absolute atomic E-state index is 0. The molecule has 226 valence electrons. The second-order valence-corrected chi connectivity index (χ2v) is 13.6. The summed E-state index contributed by atoms with van der Waals surface area (Å²) < 4.78 is 43.2.